The maximum absolute atomic E-state index is 12.8. The Labute approximate surface area is 173 Å². The van der Waals surface area contributed by atoms with Crippen molar-refractivity contribution in [1.82, 2.24) is 4.90 Å². The van der Waals surface area contributed by atoms with Crippen molar-refractivity contribution < 1.29 is 14.7 Å². The Morgan fingerprint density at radius 1 is 1.21 bits per heavy atom. The van der Waals surface area contributed by atoms with E-state index in [-0.39, 0.29) is 31.5 Å². The maximum atomic E-state index is 12.8. The molecule has 2 aromatic rings. The third-order valence-electron chi connectivity index (χ3n) is 4.20. The average Bonchev–Trinajstić information content (AvgIpc) is 2.94. The van der Waals surface area contributed by atoms with Crippen LogP contribution in [0.1, 0.15) is 11.1 Å². The molecule has 28 heavy (non-hydrogen) atoms. The number of aliphatic hydroxyl groups excluding tert-OH is 1. The zero-order valence-corrected chi connectivity index (χ0v) is 17.0. The zero-order chi connectivity index (χ0) is 20.1. The number of hydrogen-bond acceptors (Lipinski definition) is 5. The molecule has 1 N–H and O–H groups in total. The van der Waals surface area contributed by atoms with Gasteiger partial charge in [0.1, 0.15) is 10.9 Å². The van der Waals surface area contributed by atoms with Crippen LogP contribution in [-0.2, 0) is 9.59 Å². The number of nitrogens with zero attached hydrogens (tertiary/aromatic N) is 2. The lowest BCUT2D eigenvalue weighted by Gasteiger charge is -2.24. The van der Waals surface area contributed by atoms with Gasteiger partial charge in [0.25, 0.3) is 5.91 Å². The SMILES string of the molecule is Cc1cccc(/C=C2\SC(=S)N(CC(=O)N(CCO)c3ccccc3)C2=O)c1. The molecule has 1 heterocycles. The van der Waals surface area contributed by atoms with Crippen LogP contribution in [0.3, 0.4) is 0 Å². The van der Waals surface area contributed by atoms with Crippen molar-refractivity contribution in [2.45, 2.75) is 6.92 Å². The summed E-state index contributed by atoms with van der Waals surface area (Å²) in [6, 6.07) is 16.9. The summed E-state index contributed by atoms with van der Waals surface area (Å²) in [5.41, 5.74) is 2.68. The number of aliphatic hydroxyl groups is 1. The fraction of sp³-hybridized carbons (Fsp3) is 0.190. The van der Waals surface area contributed by atoms with Crippen molar-refractivity contribution in [2.75, 3.05) is 24.6 Å². The summed E-state index contributed by atoms with van der Waals surface area (Å²) < 4.78 is 0.356. The first-order chi connectivity index (χ1) is 13.5. The third kappa shape index (κ3) is 4.67. The number of benzene rings is 2. The molecule has 5 nitrogen and oxygen atoms in total. The van der Waals surface area contributed by atoms with Crippen molar-refractivity contribution >= 4 is 51.9 Å². The molecule has 0 atom stereocenters. The summed E-state index contributed by atoms with van der Waals surface area (Å²) in [6.45, 7) is 1.80. The number of thiocarbonyl (C=S) groups is 1. The van der Waals surface area contributed by atoms with E-state index in [2.05, 4.69) is 0 Å². The number of anilines is 1. The van der Waals surface area contributed by atoms with Crippen LogP contribution in [0.25, 0.3) is 6.08 Å². The molecule has 1 saturated heterocycles. The van der Waals surface area contributed by atoms with Crippen LogP contribution in [0.2, 0.25) is 0 Å². The topological polar surface area (TPSA) is 60.9 Å². The quantitative estimate of drug-likeness (QED) is 0.583. The minimum Gasteiger partial charge on any atom is -0.395 e. The highest BCUT2D eigenvalue weighted by Crippen LogP contribution is 2.32. The lowest BCUT2D eigenvalue weighted by atomic mass is 10.1. The van der Waals surface area contributed by atoms with Gasteiger partial charge in [-0.05, 0) is 30.7 Å². The molecule has 3 rings (SSSR count). The van der Waals surface area contributed by atoms with Gasteiger partial charge >= 0.3 is 0 Å². The number of rotatable bonds is 6. The minimum absolute atomic E-state index is 0.150. The molecule has 2 amide bonds. The monoisotopic (exact) mass is 412 g/mol. The van der Waals surface area contributed by atoms with Crippen molar-refractivity contribution in [3.05, 3.63) is 70.6 Å². The van der Waals surface area contributed by atoms with Gasteiger partial charge in [0.2, 0.25) is 5.91 Å². The second-order valence-electron chi connectivity index (χ2n) is 6.29. The van der Waals surface area contributed by atoms with Gasteiger partial charge in [0.15, 0.2) is 0 Å². The molecule has 0 saturated carbocycles. The number of carbonyl (C=O) groups is 2. The summed E-state index contributed by atoms with van der Waals surface area (Å²) in [7, 11) is 0. The number of carbonyl (C=O) groups excluding carboxylic acids is 2. The molecule has 0 aliphatic carbocycles. The van der Waals surface area contributed by atoms with Crippen LogP contribution < -0.4 is 4.90 Å². The lowest BCUT2D eigenvalue weighted by Crippen LogP contribution is -2.43. The number of hydrogen-bond donors (Lipinski definition) is 1. The van der Waals surface area contributed by atoms with Gasteiger partial charge in [-0.25, -0.2) is 0 Å². The predicted octanol–water partition coefficient (Wildman–Crippen LogP) is 3.22. The van der Waals surface area contributed by atoms with E-state index in [1.807, 2.05) is 49.4 Å². The van der Waals surface area contributed by atoms with Gasteiger partial charge in [-0.1, -0.05) is 72.0 Å². The molecule has 1 aliphatic rings. The van der Waals surface area contributed by atoms with Crippen molar-refractivity contribution in [1.29, 1.82) is 0 Å². The largest absolute Gasteiger partial charge is 0.395 e. The molecule has 0 bridgehead atoms. The fourth-order valence-electron chi connectivity index (χ4n) is 2.87. The maximum Gasteiger partial charge on any atom is 0.266 e. The van der Waals surface area contributed by atoms with Gasteiger partial charge < -0.3 is 10.0 Å². The Morgan fingerprint density at radius 3 is 2.64 bits per heavy atom. The van der Waals surface area contributed by atoms with Crippen molar-refractivity contribution in [3.8, 4) is 0 Å². The first-order valence-corrected chi connectivity index (χ1v) is 10.0. The van der Waals surface area contributed by atoms with Crippen LogP contribution >= 0.6 is 24.0 Å². The van der Waals surface area contributed by atoms with Gasteiger partial charge in [0, 0.05) is 12.2 Å². The highest BCUT2D eigenvalue weighted by Gasteiger charge is 2.34. The van der Waals surface area contributed by atoms with E-state index in [1.54, 1.807) is 18.2 Å². The van der Waals surface area contributed by atoms with E-state index < -0.39 is 0 Å². The van der Waals surface area contributed by atoms with Crippen molar-refractivity contribution in [3.63, 3.8) is 0 Å². The molecule has 1 aliphatic heterocycles. The Kier molecular flexibility index (Phi) is 6.61. The van der Waals surface area contributed by atoms with Crippen LogP contribution in [0.5, 0.6) is 0 Å². The minimum atomic E-state index is -0.298. The van der Waals surface area contributed by atoms with Crippen molar-refractivity contribution in [2.24, 2.45) is 0 Å². The Balaban J connectivity index is 1.77. The van der Waals surface area contributed by atoms with Gasteiger partial charge in [-0.15, -0.1) is 0 Å². The molecule has 1 fully saturated rings. The van der Waals surface area contributed by atoms with E-state index >= 15 is 0 Å². The van der Waals surface area contributed by atoms with E-state index in [9.17, 15) is 14.7 Å². The molecule has 0 radical (unpaired) electrons. The molecule has 2 aromatic carbocycles. The summed E-state index contributed by atoms with van der Waals surface area (Å²) in [4.78, 5) is 28.9. The third-order valence-corrected chi connectivity index (χ3v) is 5.58. The number of para-hydroxylation sites is 1. The highest BCUT2D eigenvalue weighted by molar-refractivity contribution is 8.26. The zero-order valence-electron chi connectivity index (χ0n) is 15.4. The standard InChI is InChI=1S/C21H20N2O3S2/c1-15-6-5-7-16(12-15)13-18-20(26)23(21(27)28-18)14-19(25)22(10-11-24)17-8-3-2-4-9-17/h2-9,12-13,24H,10-11,14H2,1H3/b18-13-. The van der Waals surface area contributed by atoms with Gasteiger partial charge in [-0.3, -0.25) is 14.5 Å². The fourth-order valence-corrected chi connectivity index (χ4v) is 4.13. The number of aryl methyl sites for hydroxylation is 1. The average molecular weight is 413 g/mol. The molecule has 0 aromatic heterocycles. The van der Waals surface area contributed by atoms with E-state index in [0.29, 0.717) is 14.9 Å². The summed E-state index contributed by atoms with van der Waals surface area (Å²) in [5, 5.41) is 9.33. The van der Waals surface area contributed by atoms with Crippen LogP contribution in [0, 0.1) is 6.92 Å². The molecular formula is C21H20N2O3S2. The number of thioether (sulfide) groups is 1. The second-order valence-corrected chi connectivity index (χ2v) is 7.96. The normalized spacial score (nSPS) is 15.4. The predicted molar refractivity (Wildman–Crippen MR) is 117 cm³/mol. The number of amides is 2. The van der Waals surface area contributed by atoms with Gasteiger partial charge in [0.05, 0.1) is 11.5 Å². The molecule has 0 unspecified atom stereocenters. The van der Waals surface area contributed by atoms with Crippen LogP contribution in [0.15, 0.2) is 59.5 Å². The van der Waals surface area contributed by atoms with E-state index in [4.69, 9.17) is 12.2 Å². The van der Waals surface area contributed by atoms with Gasteiger partial charge in [-0.2, -0.15) is 0 Å². The molecular weight excluding hydrogens is 392 g/mol. The Morgan fingerprint density at radius 2 is 1.96 bits per heavy atom. The summed E-state index contributed by atoms with van der Waals surface area (Å²) in [5.74, 6) is -0.574. The van der Waals surface area contributed by atoms with Crippen LogP contribution in [-0.4, -0.2) is 45.8 Å². The Hall–Kier alpha value is -2.48. The molecule has 0 spiro atoms. The lowest BCUT2D eigenvalue weighted by molar-refractivity contribution is -0.127. The summed E-state index contributed by atoms with van der Waals surface area (Å²) in [6.07, 6.45) is 1.79. The first kappa shape index (κ1) is 20.3. The molecule has 7 heteroatoms. The van der Waals surface area contributed by atoms with E-state index in [1.165, 1.54) is 21.6 Å². The second kappa shape index (κ2) is 9.14. The summed E-state index contributed by atoms with van der Waals surface area (Å²) >= 11 is 6.52. The Bertz CT molecular complexity index is 928. The van der Waals surface area contributed by atoms with Crippen LogP contribution in [0.4, 0.5) is 5.69 Å². The molecule has 144 valence electrons. The first-order valence-electron chi connectivity index (χ1n) is 8.78. The smallest absolute Gasteiger partial charge is 0.266 e. The highest BCUT2D eigenvalue weighted by atomic mass is 32.2. The van der Waals surface area contributed by atoms with E-state index in [0.717, 1.165) is 11.1 Å².